The minimum atomic E-state index is -0.575. The third-order valence-corrected chi connectivity index (χ3v) is 5.16. The van der Waals surface area contributed by atoms with Gasteiger partial charge < -0.3 is 19.3 Å². The van der Waals surface area contributed by atoms with Crippen LogP contribution in [0.4, 0.5) is 0 Å². The normalized spacial score (nSPS) is 10.9. The number of hydrogen-bond donors (Lipinski definition) is 2. The molecule has 36 heavy (non-hydrogen) atoms. The summed E-state index contributed by atoms with van der Waals surface area (Å²) in [6.07, 6.45) is 1.46. The molecular weight excluding hydrogens is 484 g/mol. The molecule has 2 N–H and O–H groups in total. The van der Waals surface area contributed by atoms with Crippen LogP contribution in [0.5, 0.6) is 17.2 Å². The van der Waals surface area contributed by atoms with Crippen molar-refractivity contribution in [3.63, 3.8) is 0 Å². The van der Waals surface area contributed by atoms with E-state index >= 15 is 0 Å². The van der Waals surface area contributed by atoms with Gasteiger partial charge in [0.2, 0.25) is 0 Å². The molecule has 0 unspecified atom stereocenters. The summed E-state index contributed by atoms with van der Waals surface area (Å²) in [7, 11) is 1.56. The highest BCUT2D eigenvalue weighted by molar-refractivity contribution is 6.30. The van der Waals surface area contributed by atoms with Crippen LogP contribution in [0, 0.1) is 5.92 Å². The molecule has 9 heteroatoms. The minimum absolute atomic E-state index is 0.0552. The molecule has 0 fully saturated rings. The van der Waals surface area contributed by atoms with E-state index in [2.05, 4.69) is 10.5 Å². The van der Waals surface area contributed by atoms with Crippen LogP contribution < -0.4 is 14.9 Å². The average Bonchev–Trinajstić information content (AvgIpc) is 2.86. The lowest BCUT2D eigenvalue weighted by molar-refractivity contribution is 0.0458. The van der Waals surface area contributed by atoms with Gasteiger partial charge in [-0.2, -0.15) is 5.10 Å². The Balaban J connectivity index is 1.62. The summed E-state index contributed by atoms with van der Waals surface area (Å²) in [6, 6.07) is 16.2. The molecule has 0 aliphatic heterocycles. The zero-order chi connectivity index (χ0) is 26.1. The van der Waals surface area contributed by atoms with Gasteiger partial charge in [0.25, 0.3) is 5.91 Å². The first-order valence-corrected chi connectivity index (χ1v) is 11.5. The number of hydrogen-bond acceptors (Lipinski definition) is 7. The number of halogens is 1. The number of nitrogens with one attached hydrogen (secondary N) is 1. The second-order valence-corrected chi connectivity index (χ2v) is 8.67. The van der Waals surface area contributed by atoms with Crippen LogP contribution in [0.15, 0.2) is 65.8 Å². The van der Waals surface area contributed by atoms with Crippen molar-refractivity contribution in [2.24, 2.45) is 11.0 Å². The molecule has 0 aliphatic carbocycles. The molecule has 0 radical (unpaired) electrons. The lowest BCUT2D eigenvalue weighted by Crippen LogP contribution is -2.17. The van der Waals surface area contributed by atoms with Gasteiger partial charge in [-0.15, -0.1) is 0 Å². The second-order valence-electron chi connectivity index (χ2n) is 8.24. The van der Waals surface area contributed by atoms with E-state index in [1.165, 1.54) is 24.4 Å². The van der Waals surface area contributed by atoms with Gasteiger partial charge in [0.05, 0.1) is 31.1 Å². The van der Waals surface area contributed by atoms with Crippen molar-refractivity contribution in [3.05, 3.63) is 87.9 Å². The first-order valence-electron chi connectivity index (χ1n) is 11.2. The number of amides is 1. The van der Waals surface area contributed by atoms with E-state index in [4.69, 9.17) is 25.8 Å². The number of nitrogens with zero attached hydrogens (tertiary/aromatic N) is 1. The zero-order valence-electron chi connectivity index (χ0n) is 20.2. The Kier molecular flexibility index (Phi) is 9.30. The number of methoxy groups -OCH3 is 1. The maximum atomic E-state index is 12.2. The van der Waals surface area contributed by atoms with E-state index in [9.17, 15) is 14.7 Å². The summed E-state index contributed by atoms with van der Waals surface area (Å²) in [5.41, 5.74) is 4.32. The molecule has 0 bridgehead atoms. The quantitative estimate of drug-likeness (QED) is 0.220. The van der Waals surface area contributed by atoms with Crippen LogP contribution in [0.3, 0.4) is 0 Å². The van der Waals surface area contributed by atoms with Gasteiger partial charge in [0.1, 0.15) is 23.9 Å². The molecule has 0 saturated carbocycles. The first-order chi connectivity index (χ1) is 17.3. The van der Waals surface area contributed by atoms with E-state index in [-0.39, 0.29) is 29.8 Å². The summed E-state index contributed by atoms with van der Waals surface area (Å²) in [6.45, 7) is 4.52. The molecule has 0 atom stereocenters. The predicted octanol–water partition coefficient (Wildman–Crippen LogP) is 5.21. The van der Waals surface area contributed by atoms with Gasteiger partial charge in [-0.25, -0.2) is 10.2 Å². The fourth-order valence-electron chi connectivity index (χ4n) is 3.09. The standard InChI is InChI=1S/C27H27ClN2O6/c1-17(2)15-36-27(33)19-5-8-22(9-6-19)35-16-20-12-18(4-11-25(20)34-3)14-29-30-26(32)23-10-7-21(28)13-24(23)31/h4-14,17,31H,15-16H2,1-3H3,(H,30,32)/b29-14-. The molecule has 0 aliphatic rings. The number of carbonyl (C=O) groups is 2. The van der Waals surface area contributed by atoms with Crippen molar-refractivity contribution in [1.29, 1.82) is 0 Å². The summed E-state index contributed by atoms with van der Waals surface area (Å²) in [5.74, 6) is 0.277. The van der Waals surface area contributed by atoms with Gasteiger partial charge in [-0.1, -0.05) is 25.4 Å². The fraction of sp³-hybridized carbons (Fsp3) is 0.222. The van der Waals surface area contributed by atoms with E-state index in [1.807, 2.05) is 19.9 Å². The zero-order valence-corrected chi connectivity index (χ0v) is 20.9. The smallest absolute Gasteiger partial charge is 0.338 e. The highest BCUT2D eigenvalue weighted by atomic mass is 35.5. The maximum Gasteiger partial charge on any atom is 0.338 e. The molecular formula is C27H27ClN2O6. The molecule has 0 saturated heterocycles. The van der Waals surface area contributed by atoms with Crippen LogP contribution in [0.25, 0.3) is 0 Å². The highest BCUT2D eigenvalue weighted by Gasteiger charge is 2.11. The molecule has 0 heterocycles. The molecule has 3 aromatic carbocycles. The first kappa shape index (κ1) is 26.6. The number of esters is 1. The molecule has 3 rings (SSSR count). The Hall–Kier alpha value is -4.04. The fourth-order valence-corrected chi connectivity index (χ4v) is 3.25. The molecule has 188 valence electrons. The minimum Gasteiger partial charge on any atom is -0.507 e. The van der Waals surface area contributed by atoms with Crippen molar-refractivity contribution in [3.8, 4) is 17.2 Å². The summed E-state index contributed by atoms with van der Waals surface area (Å²) >= 11 is 5.79. The summed E-state index contributed by atoms with van der Waals surface area (Å²) in [4.78, 5) is 24.3. The monoisotopic (exact) mass is 510 g/mol. The number of hydrazone groups is 1. The van der Waals surface area contributed by atoms with Crippen molar-refractivity contribution >= 4 is 29.7 Å². The van der Waals surface area contributed by atoms with Crippen LogP contribution in [0.1, 0.15) is 45.7 Å². The second kappa shape index (κ2) is 12.6. The van der Waals surface area contributed by atoms with Crippen molar-refractivity contribution in [1.82, 2.24) is 5.43 Å². The number of rotatable bonds is 10. The van der Waals surface area contributed by atoms with Crippen LogP contribution in [-0.2, 0) is 11.3 Å². The Morgan fingerprint density at radius 1 is 1.08 bits per heavy atom. The van der Waals surface area contributed by atoms with Crippen molar-refractivity contribution in [2.45, 2.75) is 20.5 Å². The lowest BCUT2D eigenvalue weighted by atomic mass is 10.1. The Labute approximate surface area is 214 Å². The topological polar surface area (TPSA) is 106 Å². The van der Waals surface area contributed by atoms with Crippen molar-refractivity contribution < 1.29 is 28.9 Å². The summed E-state index contributed by atoms with van der Waals surface area (Å²) in [5, 5.41) is 14.1. The van der Waals surface area contributed by atoms with E-state index < -0.39 is 5.91 Å². The van der Waals surface area contributed by atoms with Gasteiger partial charge >= 0.3 is 5.97 Å². The third kappa shape index (κ3) is 7.48. The van der Waals surface area contributed by atoms with Crippen LogP contribution >= 0.6 is 11.6 Å². The number of aromatic hydroxyl groups is 1. The maximum absolute atomic E-state index is 12.2. The highest BCUT2D eigenvalue weighted by Crippen LogP contribution is 2.23. The molecule has 3 aromatic rings. The molecule has 8 nitrogen and oxygen atoms in total. The van der Waals surface area contributed by atoms with Gasteiger partial charge in [0.15, 0.2) is 0 Å². The van der Waals surface area contributed by atoms with E-state index in [1.54, 1.807) is 43.5 Å². The Morgan fingerprint density at radius 2 is 1.83 bits per heavy atom. The van der Waals surface area contributed by atoms with E-state index in [0.29, 0.717) is 34.3 Å². The Bertz CT molecular complexity index is 1240. The SMILES string of the molecule is COc1ccc(/C=N\NC(=O)c2ccc(Cl)cc2O)cc1COc1ccc(C(=O)OCC(C)C)cc1. The third-order valence-electron chi connectivity index (χ3n) is 4.92. The van der Waals surface area contributed by atoms with Gasteiger partial charge in [-0.3, -0.25) is 4.79 Å². The molecule has 0 spiro atoms. The number of phenolic OH excluding ortho intramolecular Hbond substituents is 1. The predicted molar refractivity (Wildman–Crippen MR) is 137 cm³/mol. The Morgan fingerprint density at radius 3 is 2.50 bits per heavy atom. The van der Waals surface area contributed by atoms with E-state index in [0.717, 1.165) is 5.56 Å². The van der Waals surface area contributed by atoms with Crippen molar-refractivity contribution in [2.75, 3.05) is 13.7 Å². The largest absolute Gasteiger partial charge is 0.507 e. The number of benzene rings is 3. The van der Waals surface area contributed by atoms with Gasteiger partial charge in [0, 0.05) is 10.6 Å². The average molecular weight is 511 g/mol. The van der Waals surface area contributed by atoms with Crippen LogP contribution in [0.2, 0.25) is 5.02 Å². The van der Waals surface area contributed by atoms with Gasteiger partial charge in [-0.05, 0) is 72.1 Å². The number of carbonyl (C=O) groups excluding carboxylic acids is 2. The number of ether oxygens (including phenoxy) is 3. The van der Waals surface area contributed by atoms with Crippen LogP contribution in [-0.4, -0.2) is 36.9 Å². The molecule has 1 amide bonds. The lowest BCUT2D eigenvalue weighted by Gasteiger charge is -2.12. The molecule has 0 aromatic heterocycles. The summed E-state index contributed by atoms with van der Waals surface area (Å²) < 4.78 is 16.5. The number of phenols is 1.